The quantitative estimate of drug-likeness (QED) is 0.836. The van der Waals surface area contributed by atoms with Gasteiger partial charge in [0.2, 0.25) is 5.91 Å². The van der Waals surface area contributed by atoms with Gasteiger partial charge in [-0.2, -0.15) is 11.3 Å². The van der Waals surface area contributed by atoms with Gasteiger partial charge in [-0.3, -0.25) is 4.79 Å². The second-order valence-electron chi connectivity index (χ2n) is 4.09. The smallest absolute Gasteiger partial charge is 0.244 e. The SMILES string of the molecule is Cc1ccc(CNC(=O)/C=C/c2ccsc2)cc1. The Morgan fingerprint density at radius 3 is 2.72 bits per heavy atom. The van der Waals surface area contributed by atoms with E-state index >= 15 is 0 Å². The van der Waals surface area contributed by atoms with E-state index in [4.69, 9.17) is 0 Å². The maximum absolute atomic E-state index is 11.6. The van der Waals surface area contributed by atoms with Crippen LogP contribution in [0.1, 0.15) is 16.7 Å². The highest BCUT2D eigenvalue weighted by atomic mass is 32.1. The van der Waals surface area contributed by atoms with Gasteiger partial charge in [0.1, 0.15) is 0 Å². The summed E-state index contributed by atoms with van der Waals surface area (Å²) in [5.41, 5.74) is 3.39. The second-order valence-corrected chi connectivity index (χ2v) is 4.87. The van der Waals surface area contributed by atoms with Gasteiger partial charge in [-0.1, -0.05) is 29.8 Å². The van der Waals surface area contributed by atoms with Crippen molar-refractivity contribution in [1.29, 1.82) is 0 Å². The van der Waals surface area contributed by atoms with E-state index in [0.29, 0.717) is 6.54 Å². The zero-order valence-corrected chi connectivity index (χ0v) is 11.0. The Balaban J connectivity index is 1.83. The molecule has 0 aliphatic carbocycles. The third kappa shape index (κ3) is 3.86. The Kier molecular flexibility index (Phi) is 4.31. The molecule has 1 N–H and O–H groups in total. The van der Waals surface area contributed by atoms with Crippen molar-refractivity contribution in [1.82, 2.24) is 5.32 Å². The van der Waals surface area contributed by atoms with E-state index < -0.39 is 0 Å². The fraction of sp³-hybridized carbons (Fsp3) is 0.133. The fourth-order valence-corrected chi connectivity index (χ4v) is 2.12. The normalized spacial score (nSPS) is 10.7. The number of carbonyl (C=O) groups excluding carboxylic acids is 1. The lowest BCUT2D eigenvalue weighted by Gasteiger charge is -2.02. The van der Waals surface area contributed by atoms with Crippen molar-refractivity contribution in [2.45, 2.75) is 13.5 Å². The van der Waals surface area contributed by atoms with Crippen LogP contribution >= 0.6 is 11.3 Å². The van der Waals surface area contributed by atoms with Crippen LogP contribution in [0, 0.1) is 6.92 Å². The van der Waals surface area contributed by atoms with Gasteiger partial charge in [-0.15, -0.1) is 0 Å². The van der Waals surface area contributed by atoms with E-state index in [1.807, 2.05) is 54.1 Å². The summed E-state index contributed by atoms with van der Waals surface area (Å²) in [7, 11) is 0. The average molecular weight is 257 g/mol. The summed E-state index contributed by atoms with van der Waals surface area (Å²) in [5.74, 6) is -0.0678. The molecule has 18 heavy (non-hydrogen) atoms. The van der Waals surface area contributed by atoms with Crippen molar-refractivity contribution >= 4 is 23.3 Å². The first-order chi connectivity index (χ1) is 8.74. The Bertz CT molecular complexity index is 526. The molecule has 2 rings (SSSR count). The summed E-state index contributed by atoms with van der Waals surface area (Å²) >= 11 is 1.62. The molecular formula is C15H15NOS. The number of hydrogen-bond donors (Lipinski definition) is 1. The van der Waals surface area contributed by atoms with Gasteiger partial charge in [0.05, 0.1) is 0 Å². The average Bonchev–Trinajstić information content (AvgIpc) is 2.89. The molecule has 0 spiro atoms. The molecule has 0 unspecified atom stereocenters. The lowest BCUT2D eigenvalue weighted by Crippen LogP contribution is -2.20. The topological polar surface area (TPSA) is 29.1 Å². The molecule has 0 bridgehead atoms. The minimum Gasteiger partial charge on any atom is -0.348 e. The molecule has 0 radical (unpaired) electrons. The summed E-state index contributed by atoms with van der Waals surface area (Å²) < 4.78 is 0. The third-order valence-corrected chi connectivity index (χ3v) is 3.26. The number of thiophene rings is 1. The number of amides is 1. The summed E-state index contributed by atoms with van der Waals surface area (Å²) in [6.07, 6.45) is 3.39. The van der Waals surface area contributed by atoms with Crippen LogP contribution in [0.3, 0.4) is 0 Å². The van der Waals surface area contributed by atoms with Gasteiger partial charge in [-0.05, 0) is 41.0 Å². The first-order valence-corrected chi connectivity index (χ1v) is 6.72. The zero-order chi connectivity index (χ0) is 12.8. The largest absolute Gasteiger partial charge is 0.348 e. The van der Waals surface area contributed by atoms with Gasteiger partial charge < -0.3 is 5.32 Å². The van der Waals surface area contributed by atoms with Crippen LogP contribution in [0.25, 0.3) is 6.08 Å². The van der Waals surface area contributed by atoms with E-state index in [1.165, 1.54) is 5.56 Å². The summed E-state index contributed by atoms with van der Waals surface area (Å²) in [5, 5.41) is 6.85. The zero-order valence-electron chi connectivity index (χ0n) is 10.2. The second kappa shape index (κ2) is 6.17. The van der Waals surface area contributed by atoms with Crippen LogP contribution in [0.4, 0.5) is 0 Å². The predicted octanol–water partition coefficient (Wildman–Crippen LogP) is 3.39. The number of rotatable bonds is 4. The Morgan fingerprint density at radius 2 is 2.06 bits per heavy atom. The Hall–Kier alpha value is -1.87. The Morgan fingerprint density at radius 1 is 1.28 bits per heavy atom. The first kappa shape index (κ1) is 12.6. The predicted molar refractivity (Wildman–Crippen MR) is 76.4 cm³/mol. The van der Waals surface area contributed by atoms with Crippen LogP contribution in [-0.2, 0) is 11.3 Å². The van der Waals surface area contributed by atoms with Crippen molar-refractivity contribution in [3.8, 4) is 0 Å². The van der Waals surface area contributed by atoms with E-state index in [2.05, 4.69) is 5.32 Å². The molecule has 0 fully saturated rings. The molecule has 3 heteroatoms. The van der Waals surface area contributed by atoms with Crippen LogP contribution in [0.5, 0.6) is 0 Å². The first-order valence-electron chi connectivity index (χ1n) is 5.78. The highest BCUT2D eigenvalue weighted by Gasteiger charge is 1.96. The lowest BCUT2D eigenvalue weighted by molar-refractivity contribution is -0.116. The summed E-state index contributed by atoms with van der Waals surface area (Å²) in [6, 6.07) is 10.1. The van der Waals surface area contributed by atoms with E-state index in [-0.39, 0.29) is 5.91 Å². The molecule has 1 amide bonds. The molecule has 2 nitrogen and oxygen atoms in total. The number of aryl methyl sites for hydroxylation is 1. The highest BCUT2D eigenvalue weighted by Crippen LogP contribution is 2.07. The number of nitrogens with one attached hydrogen (secondary N) is 1. The maximum Gasteiger partial charge on any atom is 0.244 e. The van der Waals surface area contributed by atoms with Gasteiger partial charge >= 0.3 is 0 Å². The molecule has 0 saturated heterocycles. The van der Waals surface area contributed by atoms with Gasteiger partial charge in [0, 0.05) is 12.6 Å². The van der Waals surface area contributed by atoms with Crippen molar-refractivity contribution in [3.05, 3.63) is 63.9 Å². The molecule has 0 saturated carbocycles. The highest BCUT2D eigenvalue weighted by molar-refractivity contribution is 7.08. The fourth-order valence-electron chi connectivity index (χ4n) is 1.50. The van der Waals surface area contributed by atoms with Crippen molar-refractivity contribution in [2.75, 3.05) is 0 Å². The van der Waals surface area contributed by atoms with Gasteiger partial charge in [-0.25, -0.2) is 0 Å². The molecular weight excluding hydrogens is 242 g/mol. The van der Waals surface area contributed by atoms with Crippen LogP contribution in [-0.4, -0.2) is 5.91 Å². The minimum absolute atomic E-state index is 0.0678. The number of benzene rings is 1. The standard InChI is InChI=1S/C15H15NOS/c1-12-2-4-13(5-3-12)10-16-15(17)7-6-14-8-9-18-11-14/h2-9,11H,10H2,1H3,(H,16,17)/b7-6+. The lowest BCUT2D eigenvalue weighted by atomic mass is 10.1. The third-order valence-electron chi connectivity index (χ3n) is 2.56. The van der Waals surface area contributed by atoms with E-state index in [9.17, 15) is 4.79 Å². The minimum atomic E-state index is -0.0678. The molecule has 2 aromatic rings. The van der Waals surface area contributed by atoms with Gasteiger partial charge in [0.25, 0.3) is 0 Å². The molecule has 92 valence electrons. The van der Waals surface area contributed by atoms with Crippen molar-refractivity contribution < 1.29 is 4.79 Å². The van der Waals surface area contributed by atoms with Crippen LogP contribution < -0.4 is 5.32 Å². The molecule has 0 aliphatic heterocycles. The Labute approximate surface area is 111 Å². The molecule has 1 heterocycles. The van der Waals surface area contributed by atoms with Crippen molar-refractivity contribution in [3.63, 3.8) is 0 Å². The van der Waals surface area contributed by atoms with Crippen molar-refractivity contribution in [2.24, 2.45) is 0 Å². The number of hydrogen-bond acceptors (Lipinski definition) is 2. The molecule has 0 atom stereocenters. The van der Waals surface area contributed by atoms with Gasteiger partial charge in [0.15, 0.2) is 0 Å². The maximum atomic E-state index is 11.6. The number of carbonyl (C=O) groups is 1. The molecule has 0 aliphatic rings. The molecule has 1 aromatic carbocycles. The van der Waals surface area contributed by atoms with E-state index in [0.717, 1.165) is 11.1 Å². The summed E-state index contributed by atoms with van der Waals surface area (Å²) in [6.45, 7) is 2.61. The summed E-state index contributed by atoms with van der Waals surface area (Å²) in [4.78, 5) is 11.6. The van der Waals surface area contributed by atoms with Crippen LogP contribution in [0.15, 0.2) is 47.2 Å². The van der Waals surface area contributed by atoms with Crippen LogP contribution in [0.2, 0.25) is 0 Å². The molecule has 1 aromatic heterocycles. The monoisotopic (exact) mass is 257 g/mol. The van der Waals surface area contributed by atoms with E-state index in [1.54, 1.807) is 17.4 Å².